The molecule has 2 heterocycles. The predicted octanol–water partition coefficient (Wildman–Crippen LogP) is 2.13. The molecule has 0 aliphatic rings. The zero-order valence-electron chi connectivity index (χ0n) is 8.54. The summed E-state index contributed by atoms with van der Waals surface area (Å²) in [5.74, 6) is -0.989. The van der Waals surface area contributed by atoms with Gasteiger partial charge in [0.25, 0.3) is 1.43 Å². The summed E-state index contributed by atoms with van der Waals surface area (Å²) in [6, 6.07) is 6.74. The Morgan fingerprint density at radius 2 is 1.80 bits per heavy atom. The Labute approximate surface area is 95.7 Å². The molecule has 0 atom stereocenters. The highest BCUT2D eigenvalue weighted by molar-refractivity contribution is 7.12. The third-order valence-corrected chi connectivity index (χ3v) is 4.01. The molecule has 3 nitrogen and oxygen atoms in total. The first-order valence-electron chi connectivity index (χ1n) is 4.58. The van der Waals surface area contributed by atoms with E-state index in [0.29, 0.717) is 9.75 Å². The highest BCUT2D eigenvalue weighted by Gasteiger charge is 2.42. The van der Waals surface area contributed by atoms with E-state index in [4.69, 9.17) is 1.43 Å². The molecule has 0 radical (unpaired) electrons. The van der Waals surface area contributed by atoms with E-state index in [1.807, 2.05) is 0 Å². The van der Waals surface area contributed by atoms with E-state index in [0.717, 1.165) is 0 Å². The van der Waals surface area contributed by atoms with Crippen LogP contribution in [-0.2, 0) is 10.4 Å². The van der Waals surface area contributed by atoms with E-state index in [1.54, 1.807) is 35.0 Å². The van der Waals surface area contributed by atoms with E-state index >= 15 is 0 Å². The molecule has 15 heavy (non-hydrogen) atoms. The summed E-state index contributed by atoms with van der Waals surface area (Å²) in [6.45, 7) is 0. The van der Waals surface area contributed by atoms with Gasteiger partial charge in [-0.3, -0.25) is 0 Å². The van der Waals surface area contributed by atoms with E-state index in [1.165, 1.54) is 22.7 Å². The van der Waals surface area contributed by atoms with Gasteiger partial charge < -0.3 is 10.2 Å². The Morgan fingerprint density at radius 3 is 2.13 bits per heavy atom. The molecule has 0 unspecified atom stereocenters. The fraction of sp³-hybridized carbons (Fsp3) is 0.100. The summed E-state index contributed by atoms with van der Waals surface area (Å²) in [7, 11) is 0. The van der Waals surface area contributed by atoms with E-state index in [2.05, 4.69) is 5.11 Å². The molecular formula is C10H8O3S2. The summed E-state index contributed by atoms with van der Waals surface area (Å²) < 4.78 is 6.67. The number of hydrogen-bond donors (Lipinski definition) is 2. The minimum absolute atomic E-state index is 0.451. The smallest absolute Gasteiger partial charge is 0.346 e. The highest BCUT2D eigenvalue weighted by atomic mass is 32.1. The van der Waals surface area contributed by atoms with Gasteiger partial charge in [-0.1, -0.05) is 12.1 Å². The minimum Gasteiger partial charge on any atom is -0.479 e. The fourth-order valence-corrected chi connectivity index (χ4v) is 3.01. The Bertz CT molecular complexity index is 430. The topological polar surface area (TPSA) is 57.5 Å². The van der Waals surface area contributed by atoms with Crippen molar-refractivity contribution in [2.75, 3.05) is 0 Å². The zero-order valence-corrected chi connectivity index (χ0v) is 9.18. The van der Waals surface area contributed by atoms with Crippen molar-refractivity contribution in [1.82, 2.24) is 0 Å². The molecule has 0 aliphatic carbocycles. The first-order valence-corrected chi connectivity index (χ1v) is 5.93. The number of hydrogen-bond acceptors (Lipinski definition) is 5. The number of carboxylic acids is 1. The number of thiophene rings is 2. The van der Waals surface area contributed by atoms with E-state index < -0.39 is 11.6 Å². The molecule has 2 rings (SSSR count). The quantitative estimate of drug-likeness (QED) is 0.867. The molecule has 2 N–H and O–H groups in total. The molecule has 0 spiro atoms. The van der Waals surface area contributed by atoms with Gasteiger partial charge in [-0.15, -0.1) is 22.7 Å². The van der Waals surface area contributed by atoms with Gasteiger partial charge in [0.05, 0.1) is 9.75 Å². The lowest BCUT2D eigenvalue weighted by Gasteiger charge is -2.20. The van der Waals surface area contributed by atoms with Crippen LogP contribution in [0.2, 0.25) is 0 Å². The molecule has 78 valence electrons. The summed E-state index contributed by atoms with van der Waals surface area (Å²) in [6.07, 6.45) is 0. The molecule has 0 amide bonds. The lowest BCUT2D eigenvalue weighted by molar-refractivity contribution is -0.154. The molecule has 2 aromatic heterocycles. The molecular weight excluding hydrogens is 232 g/mol. The van der Waals surface area contributed by atoms with Crippen molar-refractivity contribution in [2.24, 2.45) is 0 Å². The number of rotatable bonds is 3. The molecule has 2 aromatic rings. The molecule has 5 heteroatoms. The number of carboxylic acid groups (broad SMARTS) is 1. The van der Waals surface area contributed by atoms with Crippen molar-refractivity contribution >= 4 is 28.6 Å². The lowest BCUT2D eigenvalue weighted by atomic mass is 10.0. The lowest BCUT2D eigenvalue weighted by Crippen LogP contribution is -2.34. The van der Waals surface area contributed by atoms with Crippen LogP contribution in [0.4, 0.5) is 0 Å². The molecule has 0 bridgehead atoms. The Kier molecular flexibility index (Phi) is 2.28. The standard InChI is InChI=1S/C10H8O3S2/c11-9(12)10(13,7-3-1-5-14-7)8-4-2-6-15-8/h1-6,13H,(H,11,12)/i/hT. The van der Waals surface area contributed by atoms with Gasteiger partial charge in [-0.05, 0) is 22.9 Å². The summed E-state index contributed by atoms with van der Waals surface area (Å²) in [5, 5.41) is 17.9. The third kappa shape index (κ3) is 1.58. The van der Waals surface area contributed by atoms with Crippen LogP contribution in [0.3, 0.4) is 0 Å². The largest absolute Gasteiger partial charge is 0.479 e. The van der Waals surface area contributed by atoms with Crippen molar-refractivity contribution in [1.29, 1.82) is 1.43 Å². The van der Waals surface area contributed by atoms with Gasteiger partial charge >= 0.3 is 5.97 Å². The van der Waals surface area contributed by atoms with Gasteiger partial charge in [-0.2, -0.15) is 0 Å². The summed E-state index contributed by atoms with van der Waals surface area (Å²) in [4.78, 5) is 12.5. The van der Waals surface area contributed by atoms with Crippen molar-refractivity contribution in [3.63, 3.8) is 0 Å². The first-order chi connectivity index (χ1) is 7.69. The highest BCUT2D eigenvalue weighted by Crippen LogP contribution is 2.35. The van der Waals surface area contributed by atoms with Gasteiger partial charge in [0, 0.05) is 0 Å². The van der Waals surface area contributed by atoms with Crippen LogP contribution in [0.5, 0.6) is 0 Å². The van der Waals surface area contributed by atoms with Gasteiger partial charge in [0.15, 0.2) is 0 Å². The van der Waals surface area contributed by atoms with E-state index in [9.17, 15) is 9.90 Å². The number of aliphatic hydroxyl groups is 1. The molecule has 0 aliphatic heterocycles. The SMILES string of the molecule is [3H]OC(=O)C(O)(c1cccs1)c1cccs1. The van der Waals surface area contributed by atoms with Crippen molar-refractivity contribution in [2.45, 2.75) is 5.60 Å². The summed E-state index contributed by atoms with van der Waals surface area (Å²) >= 11 is 2.49. The predicted molar refractivity (Wildman–Crippen MR) is 59.3 cm³/mol. The van der Waals surface area contributed by atoms with Crippen molar-refractivity contribution in [3.8, 4) is 0 Å². The normalized spacial score (nSPS) is 12.2. The maximum Gasteiger partial charge on any atom is 0.346 e. The second kappa shape index (κ2) is 3.77. The number of carbonyl (C=O) groups is 1. The third-order valence-electron chi connectivity index (χ3n) is 2.05. The Hall–Kier alpha value is -1.17. The van der Waals surface area contributed by atoms with Crippen molar-refractivity contribution in [3.05, 3.63) is 44.8 Å². The average Bonchev–Trinajstić information content (AvgIpc) is 2.98. The van der Waals surface area contributed by atoms with Crippen LogP contribution < -0.4 is 0 Å². The van der Waals surface area contributed by atoms with Crippen LogP contribution in [-0.4, -0.2) is 16.2 Å². The van der Waals surface area contributed by atoms with Crippen LogP contribution in [0.25, 0.3) is 1.43 Å². The fourth-order valence-electron chi connectivity index (χ4n) is 1.29. The van der Waals surface area contributed by atoms with Gasteiger partial charge in [-0.25, -0.2) is 4.79 Å². The maximum absolute atomic E-state index is 11.6. The Morgan fingerprint density at radius 1 is 1.27 bits per heavy atom. The first kappa shape index (κ1) is 9.08. The van der Waals surface area contributed by atoms with Gasteiger partial charge in [0.1, 0.15) is 0 Å². The summed E-state index contributed by atoms with van der Waals surface area (Å²) in [5.41, 5.74) is -1.86. The monoisotopic (exact) mass is 242 g/mol. The second-order valence-corrected chi connectivity index (χ2v) is 4.85. The van der Waals surface area contributed by atoms with Crippen LogP contribution in [0.1, 0.15) is 9.75 Å². The van der Waals surface area contributed by atoms with Crippen LogP contribution >= 0.6 is 22.7 Å². The van der Waals surface area contributed by atoms with Crippen LogP contribution in [0, 0.1) is 0 Å². The molecule has 0 fully saturated rings. The second-order valence-electron chi connectivity index (χ2n) is 2.95. The molecule has 0 saturated heterocycles. The maximum atomic E-state index is 11.6. The van der Waals surface area contributed by atoms with Crippen molar-refractivity contribution < 1.29 is 15.0 Å². The van der Waals surface area contributed by atoms with Gasteiger partial charge in [0.2, 0.25) is 5.60 Å². The minimum atomic E-state index is -1.86. The van der Waals surface area contributed by atoms with E-state index in [-0.39, 0.29) is 0 Å². The zero-order chi connectivity index (χ0) is 11.6. The average molecular weight is 242 g/mol. The Balaban J connectivity index is 2.54. The number of aliphatic carboxylic acids is 1. The molecule has 0 saturated carbocycles. The van der Waals surface area contributed by atoms with Crippen LogP contribution in [0.15, 0.2) is 35.0 Å². The molecule has 0 aromatic carbocycles.